The van der Waals surface area contributed by atoms with E-state index in [0.717, 1.165) is 40.3 Å². The molecule has 0 amide bonds. The molecule has 4 aromatic carbocycles. The molecular weight excluding hydrogens is 441 g/mol. The Hall–Kier alpha value is -3.20. The third-order valence-electron chi connectivity index (χ3n) is 6.88. The van der Waals surface area contributed by atoms with E-state index >= 15 is 4.57 Å². The first kappa shape index (κ1) is 22.6. The van der Waals surface area contributed by atoms with E-state index in [4.69, 9.17) is 4.74 Å². The van der Waals surface area contributed by atoms with Crippen molar-refractivity contribution in [3.05, 3.63) is 120 Å². The van der Waals surface area contributed by atoms with Gasteiger partial charge in [-0.05, 0) is 46.4 Å². The van der Waals surface area contributed by atoms with E-state index in [1.807, 2.05) is 103 Å². The number of carbonyl (C=O) groups is 1. The Balaban J connectivity index is 1.60. The molecule has 1 heterocycles. The van der Waals surface area contributed by atoms with Gasteiger partial charge in [0.05, 0.1) is 18.4 Å². The van der Waals surface area contributed by atoms with Crippen molar-refractivity contribution in [2.24, 2.45) is 0 Å². The third kappa shape index (κ3) is 4.20. The fourth-order valence-corrected chi connectivity index (χ4v) is 8.94. The smallest absolute Gasteiger partial charge is 0.327 e. The fourth-order valence-electron chi connectivity index (χ4n) is 5.19. The van der Waals surface area contributed by atoms with Crippen LogP contribution in [0.15, 0.2) is 103 Å². The van der Waals surface area contributed by atoms with Gasteiger partial charge in [-0.1, -0.05) is 97.1 Å². The van der Waals surface area contributed by atoms with Crippen LogP contribution in [0.2, 0.25) is 0 Å². The van der Waals surface area contributed by atoms with Crippen LogP contribution < -0.4 is 5.09 Å². The summed E-state index contributed by atoms with van der Waals surface area (Å²) < 4.78 is 20.2. The molecule has 34 heavy (non-hydrogen) atoms. The minimum Gasteiger partial charge on any atom is -0.468 e. The van der Waals surface area contributed by atoms with Crippen LogP contribution in [0.1, 0.15) is 46.9 Å². The first-order chi connectivity index (χ1) is 16.6. The van der Waals surface area contributed by atoms with E-state index in [0.29, 0.717) is 0 Å². The zero-order chi connectivity index (χ0) is 23.5. The second-order valence-electron chi connectivity index (χ2n) is 8.83. The van der Waals surface area contributed by atoms with Gasteiger partial charge in [0.15, 0.2) is 7.29 Å². The van der Waals surface area contributed by atoms with Gasteiger partial charge in [-0.25, -0.2) is 9.88 Å². The summed E-state index contributed by atoms with van der Waals surface area (Å²) in [4.78, 5) is 13.1. The summed E-state index contributed by atoms with van der Waals surface area (Å²) in [7, 11) is -1.75. The molecule has 5 rings (SSSR count). The van der Waals surface area contributed by atoms with Gasteiger partial charge in [-0.2, -0.15) is 0 Å². The lowest BCUT2D eigenvalue weighted by molar-refractivity contribution is -0.142. The summed E-state index contributed by atoms with van der Waals surface area (Å²) >= 11 is 0. The van der Waals surface area contributed by atoms with Gasteiger partial charge in [0.25, 0.3) is 0 Å². The highest BCUT2D eigenvalue weighted by molar-refractivity contribution is 7.63. The van der Waals surface area contributed by atoms with Crippen LogP contribution in [0, 0.1) is 0 Å². The summed E-state index contributed by atoms with van der Waals surface area (Å²) in [5.74, 6) is -0.434. The largest absolute Gasteiger partial charge is 0.468 e. The van der Waals surface area contributed by atoms with Crippen molar-refractivity contribution in [2.75, 3.05) is 7.11 Å². The first-order valence-corrected chi connectivity index (χ1v) is 13.5. The molecule has 5 heteroatoms. The number of hydrogen-bond acceptors (Lipinski definition) is 3. The minimum atomic E-state index is -3.13. The fraction of sp³-hybridized carbons (Fsp3) is 0.207. The molecule has 172 valence electrons. The normalized spacial score (nSPS) is 20.1. The monoisotopic (exact) mass is 469 g/mol. The Morgan fingerprint density at radius 2 is 1.32 bits per heavy atom. The number of ether oxygens (including phenoxy) is 1. The average Bonchev–Trinajstić information content (AvgIpc) is 3.24. The summed E-state index contributed by atoms with van der Waals surface area (Å²) in [6, 6.07) is 33.1. The first-order valence-electron chi connectivity index (χ1n) is 11.6. The SMILES string of the molecule is COC(=O)[C@@H](NP1(=O)[C@H](c2ccccc2)CC[C@H]1c1ccccc1)c1ccc2ccccc2c1. The Morgan fingerprint density at radius 1 is 0.794 bits per heavy atom. The van der Waals surface area contributed by atoms with E-state index < -0.39 is 19.3 Å². The number of fused-ring (bicyclic) bond motifs is 1. The maximum absolute atomic E-state index is 15.0. The van der Waals surface area contributed by atoms with Gasteiger partial charge >= 0.3 is 5.97 Å². The lowest BCUT2D eigenvalue weighted by atomic mass is 10.0. The predicted octanol–water partition coefficient (Wildman–Crippen LogP) is 7.20. The highest BCUT2D eigenvalue weighted by Gasteiger charge is 2.49. The van der Waals surface area contributed by atoms with Crippen LogP contribution in [-0.4, -0.2) is 13.1 Å². The van der Waals surface area contributed by atoms with Crippen molar-refractivity contribution in [1.29, 1.82) is 0 Å². The third-order valence-corrected chi connectivity index (χ3v) is 10.5. The van der Waals surface area contributed by atoms with Crippen molar-refractivity contribution in [3.8, 4) is 0 Å². The van der Waals surface area contributed by atoms with Crippen LogP contribution in [-0.2, 0) is 14.1 Å². The van der Waals surface area contributed by atoms with Crippen LogP contribution >= 0.6 is 7.29 Å². The molecule has 1 saturated heterocycles. The molecule has 3 atom stereocenters. The van der Waals surface area contributed by atoms with Crippen molar-refractivity contribution in [1.82, 2.24) is 5.09 Å². The molecule has 0 aliphatic carbocycles. The number of esters is 1. The number of rotatable bonds is 6. The molecule has 1 fully saturated rings. The van der Waals surface area contributed by atoms with E-state index in [1.54, 1.807) is 0 Å². The van der Waals surface area contributed by atoms with Crippen LogP contribution in [0.5, 0.6) is 0 Å². The van der Waals surface area contributed by atoms with Crippen molar-refractivity contribution in [2.45, 2.75) is 30.2 Å². The van der Waals surface area contributed by atoms with Crippen molar-refractivity contribution in [3.63, 3.8) is 0 Å². The topological polar surface area (TPSA) is 55.4 Å². The molecule has 4 nitrogen and oxygen atoms in total. The van der Waals surface area contributed by atoms with Gasteiger partial charge in [-0.15, -0.1) is 0 Å². The molecule has 0 bridgehead atoms. The van der Waals surface area contributed by atoms with Crippen LogP contribution in [0.3, 0.4) is 0 Å². The van der Waals surface area contributed by atoms with Gasteiger partial charge in [0.1, 0.15) is 6.04 Å². The Bertz CT molecular complexity index is 1290. The zero-order valence-electron chi connectivity index (χ0n) is 19.1. The second-order valence-corrected chi connectivity index (χ2v) is 11.8. The van der Waals surface area contributed by atoms with Gasteiger partial charge in [-0.3, -0.25) is 0 Å². The van der Waals surface area contributed by atoms with Crippen molar-refractivity contribution >= 4 is 24.0 Å². The maximum atomic E-state index is 15.0. The van der Waals surface area contributed by atoms with E-state index in [-0.39, 0.29) is 11.3 Å². The van der Waals surface area contributed by atoms with Crippen LogP contribution in [0.4, 0.5) is 0 Å². The zero-order valence-corrected chi connectivity index (χ0v) is 20.0. The van der Waals surface area contributed by atoms with Crippen LogP contribution in [0.25, 0.3) is 10.8 Å². The molecule has 1 N–H and O–H groups in total. The molecule has 4 aromatic rings. The summed E-state index contributed by atoms with van der Waals surface area (Å²) in [6.45, 7) is 0. The molecule has 0 aromatic heterocycles. The number of hydrogen-bond donors (Lipinski definition) is 1. The minimum absolute atomic E-state index is 0.175. The summed E-state index contributed by atoms with van der Waals surface area (Å²) in [5, 5.41) is 5.52. The molecule has 0 unspecified atom stereocenters. The number of carbonyl (C=O) groups excluding carboxylic acids is 1. The Kier molecular flexibility index (Phi) is 6.36. The molecular formula is C29H28NO3P. The van der Waals surface area contributed by atoms with E-state index in [1.165, 1.54) is 7.11 Å². The van der Waals surface area contributed by atoms with Gasteiger partial charge in [0.2, 0.25) is 0 Å². The molecule has 0 radical (unpaired) electrons. The molecule has 1 aliphatic heterocycles. The van der Waals surface area contributed by atoms with E-state index in [9.17, 15) is 4.79 Å². The van der Waals surface area contributed by atoms with E-state index in [2.05, 4.69) is 5.09 Å². The molecule has 0 spiro atoms. The lowest BCUT2D eigenvalue weighted by Gasteiger charge is -2.31. The number of methoxy groups -OCH3 is 1. The highest BCUT2D eigenvalue weighted by Crippen LogP contribution is 2.74. The summed E-state index contributed by atoms with van der Waals surface area (Å²) in [6.07, 6.45) is 1.58. The quantitative estimate of drug-likeness (QED) is 0.240. The second kappa shape index (κ2) is 9.58. The lowest BCUT2D eigenvalue weighted by Crippen LogP contribution is -2.29. The highest BCUT2D eigenvalue weighted by atomic mass is 31.2. The van der Waals surface area contributed by atoms with Gasteiger partial charge < -0.3 is 9.30 Å². The predicted molar refractivity (Wildman–Crippen MR) is 137 cm³/mol. The molecule has 1 aliphatic rings. The van der Waals surface area contributed by atoms with Gasteiger partial charge in [0, 0.05) is 0 Å². The molecule has 0 saturated carbocycles. The summed E-state index contributed by atoms with van der Waals surface area (Å²) in [5.41, 5.74) is 2.49. The van der Waals surface area contributed by atoms with Crippen molar-refractivity contribution < 1.29 is 14.1 Å². The Morgan fingerprint density at radius 3 is 1.88 bits per heavy atom. The maximum Gasteiger partial charge on any atom is 0.327 e. The standard InChI is InChI=1S/C29H28NO3P/c1-33-29(31)28(25-17-16-21-10-8-9-15-24(21)20-25)30-34(32)26(22-11-4-2-5-12-22)18-19-27(34)23-13-6-3-7-14-23/h2-17,20,26-28H,18-19H2,1H3,(H,30,32)/t26-,27-,28-/m0/s1. The number of benzene rings is 4. The number of nitrogens with one attached hydrogen (secondary N) is 1. The Labute approximate surface area is 200 Å². The average molecular weight is 470 g/mol.